The molecule has 0 aliphatic heterocycles. The molecule has 0 aromatic heterocycles. The predicted molar refractivity (Wildman–Crippen MR) is 93.0 cm³/mol. The highest BCUT2D eigenvalue weighted by molar-refractivity contribution is 7.98. The third-order valence-corrected chi connectivity index (χ3v) is 4.16. The van der Waals surface area contributed by atoms with Gasteiger partial charge in [0.05, 0.1) is 6.04 Å². The largest absolute Gasteiger partial charge is 0.346 e. The fourth-order valence-electron chi connectivity index (χ4n) is 2.34. The lowest BCUT2D eigenvalue weighted by Gasteiger charge is -2.24. The molecule has 0 radical (unpaired) electrons. The van der Waals surface area contributed by atoms with Crippen molar-refractivity contribution in [1.29, 1.82) is 0 Å². The lowest BCUT2D eigenvalue weighted by atomic mass is 9.92. The average Bonchev–Trinajstić information content (AvgIpc) is 2.40. The zero-order chi connectivity index (χ0) is 17.3. The molecule has 0 aromatic rings. The van der Waals surface area contributed by atoms with Crippen molar-refractivity contribution >= 4 is 29.2 Å². The zero-order valence-electron chi connectivity index (χ0n) is 14.8. The number of hydrogen-bond donors (Lipinski definition) is 1. The van der Waals surface area contributed by atoms with Crippen LogP contribution in [0.25, 0.3) is 0 Å². The second-order valence-electron chi connectivity index (χ2n) is 6.63. The first-order chi connectivity index (χ1) is 10.2. The highest BCUT2D eigenvalue weighted by atomic mass is 32.2. The van der Waals surface area contributed by atoms with E-state index in [-0.39, 0.29) is 35.7 Å². The quantitative estimate of drug-likeness (QED) is 0.633. The molecule has 0 spiro atoms. The van der Waals surface area contributed by atoms with Gasteiger partial charge in [-0.3, -0.25) is 9.59 Å². The number of amides is 1. The van der Waals surface area contributed by atoms with Crippen molar-refractivity contribution < 1.29 is 14.4 Å². The van der Waals surface area contributed by atoms with Gasteiger partial charge in [-0.25, -0.2) is 0 Å². The van der Waals surface area contributed by atoms with Gasteiger partial charge in [0.1, 0.15) is 5.78 Å². The molecule has 0 bridgehead atoms. The Kier molecular flexibility index (Phi) is 10.4. The highest BCUT2D eigenvalue weighted by Gasteiger charge is 2.27. The molecular formula is C17H31NO3S. The number of Topliss-reactive ketones (excluding diaryl/α,β-unsaturated/α-hetero) is 2. The molecule has 0 saturated heterocycles. The summed E-state index contributed by atoms with van der Waals surface area (Å²) < 4.78 is 0. The molecule has 128 valence electrons. The highest BCUT2D eigenvalue weighted by Crippen LogP contribution is 2.16. The Morgan fingerprint density at radius 2 is 1.68 bits per heavy atom. The molecule has 5 heteroatoms. The normalized spacial score (nSPS) is 14.0. The molecule has 4 nitrogen and oxygen atoms in total. The van der Waals surface area contributed by atoms with Gasteiger partial charge in [0.25, 0.3) is 0 Å². The molecule has 2 atom stereocenters. The van der Waals surface area contributed by atoms with Gasteiger partial charge in [0.15, 0.2) is 5.78 Å². The molecule has 0 aliphatic carbocycles. The van der Waals surface area contributed by atoms with E-state index in [1.807, 2.05) is 34.0 Å². The maximum atomic E-state index is 12.5. The summed E-state index contributed by atoms with van der Waals surface area (Å²) in [4.78, 5) is 36.1. The van der Waals surface area contributed by atoms with E-state index in [0.29, 0.717) is 18.8 Å². The molecule has 22 heavy (non-hydrogen) atoms. The molecule has 0 aromatic carbocycles. The molecule has 0 rings (SSSR count). The molecule has 2 unspecified atom stereocenters. The molecule has 0 fully saturated rings. The zero-order valence-corrected chi connectivity index (χ0v) is 15.6. The summed E-state index contributed by atoms with van der Waals surface area (Å²) in [5.74, 6) is 0.624. The minimum absolute atomic E-state index is 0.0110. The van der Waals surface area contributed by atoms with E-state index in [2.05, 4.69) is 5.32 Å². The van der Waals surface area contributed by atoms with Crippen molar-refractivity contribution in [2.75, 3.05) is 12.0 Å². The average molecular weight is 330 g/mol. The second-order valence-corrected chi connectivity index (χ2v) is 7.62. The minimum Gasteiger partial charge on any atom is -0.346 e. The number of carbonyl (C=O) groups is 3. The van der Waals surface area contributed by atoms with Crippen LogP contribution in [0.4, 0.5) is 0 Å². The van der Waals surface area contributed by atoms with Gasteiger partial charge in [-0.15, -0.1) is 0 Å². The predicted octanol–water partition coefficient (Wildman–Crippen LogP) is 3.09. The van der Waals surface area contributed by atoms with Gasteiger partial charge in [0.2, 0.25) is 5.91 Å². The van der Waals surface area contributed by atoms with E-state index in [1.54, 1.807) is 11.8 Å². The Morgan fingerprint density at radius 1 is 1.09 bits per heavy atom. The van der Waals surface area contributed by atoms with Crippen LogP contribution in [0.15, 0.2) is 0 Å². The first-order valence-electron chi connectivity index (χ1n) is 8.01. The molecule has 1 N–H and O–H groups in total. The van der Waals surface area contributed by atoms with Crippen LogP contribution in [0.2, 0.25) is 0 Å². The Balaban J connectivity index is 4.92. The van der Waals surface area contributed by atoms with E-state index >= 15 is 0 Å². The van der Waals surface area contributed by atoms with E-state index in [4.69, 9.17) is 0 Å². The summed E-state index contributed by atoms with van der Waals surface area (Å²) in [5.41, 5.74) is 0. The van der Waals surface area contributed by atoms with Crippen LogP contribution in [0.1, 0.15) is 53.9 Å². The third-order valence-electron chi connectivity index (χ3n) is 3.51. The maximum Gasteiger partial charge on any atom is 0.224 e. The second kappa shape index (κ2) is 10.8. The topological polar surface area (TPSA) is 63.2 Å². The molecule has 0 heterocycles. The fourth-order valence-corrected chi connectivity index (χ4v) is 2.86. The summed E-state index contributed by atoms with van der Waals surface area (Å²) in [6.07, 6.45) is 3.53. The minimum atomic E-state index is -0.448. The summed E-state index contributed by atoms with van der Waals surface area (Å²) in [5, 5.41) is 2.89. The van der Waals surface area contributed by atoms with Crippen LogP contribution < -0.4 is 5.32 Å². The van der Waals surface area contributed by atoms with Crippen LogP contribution in [0.5, 0.6) is 0 Å². The van der Waals surface area contributed by atoms with E-state index in [0.717, 1.165) is 5.75 Å². The van der Waals surface area contributed by atoms with Gasteiger partial charge >= 0.3 is 0 Å². The first kappa shape index (κ1) is 21.2. The lowest BCUT2D eigenvalue weighted by Crippen LogP contribution is -2.46. The third kappa shape index (κ3) is 8.57. The fraction of sp³-hybridized carbons (Fsp3) is 0.824. The Morgan fingerprint density at radius 3 is 2.09 bits per heavy atom. The van der Waals surface area contributed by atoms with Gasteiger partial charge in [-0.2, -0.15) is 11.8 Å². The monoisotopic (exact) mass is 329 g/mol. The van der Waals surface area contributed by atoms with Crippen molar-refractivity contribution in [3.63, 3.8) is 0 Å². The van der Waals surface area contributed by atoms with Crippen LogP contribution in [0.3, 0.4) is 0 Å². The number of hydrogen-bond acceptors (Lipinski definition) is 4. The van der Waals surface area contributed by atoms with Crippen molar-refractivity contribution in [3.05, 3.63) is 0 Å². The molecular weight excluding hydrogens is 298 g/mol. The van der Waals surface area contributed by atoms with E-state index in [1.165, 1.54) is 6.92 Å². The van der Waals surface area contributed by atoms with Crippen LogP contribution in [-0.2, 0) is 14.4 Å². The van der Waals surface area contributed by atoms with Gasteiger partial charge in [-0.1, -0.05) is 27.7 Å². The molecule has 1 amide bonds. The van der Waals surface area contributed by atoms with Gasteiger partial charge < -0.3 is 10.1 Å². The lowest BCUT2D eigenvalue weighted by molar-refractivity contribution is -0.133. The van der Waals surface area contributed by atoms with Gasteiger partial charge in [-0.05, 0) is 37.7 Å². The number of carbonyl (C=O) groups excluding carboxylic acids is 3. The maximum absolute atomic E-state index is 12.5. The standard InChI is InChI=1S/C17H31NO3S/c1-11(2)9-15(16(20)12(3)4)18-17(21)14(7-8-22-6)10-13(5)19/h11-12,14-15H,7-10H2,1-6H3,(H,18,21). The van der Waals surface area contributed by atoms with Crippen LogP contribution in [-0.4, -0.2) is 35.5 Å². The molecule has 0 saturated carbocycles. The van der Waals surface area contributed by atoms with E-state index < -0.39 is 6.04 Å². The first-order valence-corrected chi connectivity index (χ1v) is 9.40. The van der Waals surface area contributed by atoms with E-state index in [9.17, 15) is 14.4 Å². The summed E-state index contributed by atoms with van der Waals surface area (Å²) in [7, 11) is 0. The van der Waals surface area contributed by atoms with Crippen LogP contribution >= 0.6 is 11.8 Å². The smallest absolute Gasteiger partial charge is 0.224 e. The summed E-state index contributed by atoms with van der Waals surface area (Å²) >= 11 is 1.66. The van der Waals surface area contributed by atoms with Crippen molar-refractivity contribution in [2.24, 2.45) is 17.8 Å². The summed E-state index contributed by atoms with van der Waals surface area (Å²) in [6, 6.07) is -0.448. The number of rotatable bonds is 11. The Labute approximate surface area is 139 Å². The van der Waals surface area contributed by atoms with Crippen molar-refractivity contribution in [1.82, 2.24) is 5.32 Å². The van der Waals surface area contributed by atoms with Crippen molar-refractivity contribution in [3.8, 4) is 0 Å². The van der Waals surface area contributed by atoms with Gasteiger partial charge in [0, 0.05) is 18.3 Å². The van der Waals surface area contributed by atoms with Crippen LogP contribution in [0, 0.1) is 17.8 Å². The number of ketones is 2. The number of nitrogens with one attached hydrogen (secondary N) is 1. The SMILES string of the molecule is CSCCC(CC(C)=O)C(=O)NC(CC(C)C)C(=O)C(C)C. The van der Waals surface area contributed by atoms with Crippen molar-refractivity contribution in [2.45, 2.75) is 59.9 Å². The summed E-state index contributed by atoms with van der Waals surface area (Å²) in [6.45, 7) is 9.27. The Bertz CT molecular complexity index is 380. The molecule has 0 aliphatic rings. The number of thioether (sulfide) groups is 1. The Hall–Kier alpha value is -0.840.